The maximum Gasteiger partial charge on any atom is 0.309 e. The summed E-state index contributed by atoms with van der Waals surface area (Å²) in [7, 11) is 0. The van der Waals surface area contributed by atoms with Crippen LogP contribution in [0.1, 0.15) is 11.3 Å². The molecule has 0 aliphatic heterocycles. The summed E-state index contributed by atoms with van der Waals surface area (Å²) in [6, 6.07) is 4.91. The highest BCUT2D eigenvalue weighted by Crippen LogP contribution is 2.11. The molecule has 0 aliphatic carbocycles. The van der Waals surface area contributed by atoms with Gasteiger partial charge in [-0.05, 0) is 28.1 Å². The minimum atomic E-state index is -0.963. The van der Waals surface area contributed by atoms with Crippen LogP contribution in [-0.2, 0) is 11.2 Å². The average Bonchev–Trinajstić information content (AvgIpc) is 2.01. The molecule has 0 aromatic carbocycles. The van der Waals surface area contributed by atoms with Crippen molar-refractivity contribution in [3.05, 3.63) is 28.0 Å². The van der Waals surface area contributed by atoms with Gasteiger partial charge in [0.05, 0.1) is 23.7 Å². The molecule has 1 aromatic rings. The third-order valence-electron chi connectivity index (χ3n) is 1.31. The van der Waals surface area contributed by atoms with Crippen molar-refractivity contribution in [2.45, 2.75) is 6.42 Å². The van der Waals surface area contributed by atoms with E-state index in [2.05, 4.69) is 20.9 Å². The molecule has 0 fully saturated rings. The first kappa shape index (κ1) is 9.68. The van der Waals surface area contributed by atoms with Crippen molar-refractivity contribution < 1.29 is 9.90 Å². The van der Waals surface area contributed by atoms with Gasteiger partial charge in [-0.3, -0.25) is 4.79 Å². The van der Waals surface area contributed by atoms with Crippen molar-refractivity contribution in [1.29, 1.82) is 5.26 Å². The zero-order valence-electron chi connectivity index (χ0n) is 6.49. The molecule has 0 atom stereocenters. The van der Waals surface area contributed by atoms with Gasteiger partial charge in [-0.15, -0.1) is 0 Å². The minimum Gasteiger partial charge on any atom is -0.481 e. The molecule has 0 saturated heterocycles. The Hall–Kier alpha value is -1.41. The maximum atomic E-state index is 10.3. The maximum absolute atomic E-state index is 10.3. The van der Waals surface area contributed by atoms with Gasteiger partial charge >= 0.3 is 5.97 Å². The number of halogens is 1. The van der Waals surface area contributed by atoms with Gasteiger partial charge in [0.2, 0.25) is 0 Å². The molecule has 0 saturated carbocycles. The normalized spacial score (nSPS) is 9.23. The van der Waals surface area contributed by atoms with Gasteiger partial charge in [-0.2, -0.15) is 5.26 Å². The van der Waals surface area contributed by atoms with E-state index in [9.17, 15) is 4.79 Å². The van der Waals surface area contributed by atoms with Gasteiger partial charge in [0.25, 0.3) is 0 Å². The van der Waals surface area contributed by atoms with Crippen molar-refractivity contribution in [1.82, 2.24) is 4.98 Å². The number of carboxylic acids is 1. The van der Waals surface area contributed by atoms with Crippen LogP contribution in [0.15, 0.2) is 16.7 Å². The Morgan fingerprint density at radius 2 is 2.38 bits per heavy atom. The summed E-state index contributed by atoms with van der Waals surface area (Å²) in [4.78, 5) is 14.2. The monoisotopic (exact) mass is 240 g/mol. The number of hydrogen-bond acceptors (Lipinski definition) is 3. The fraction of sp³-hybridized carbons (Fsp3) is 0.125. The van der Waals surface area contributed by atoms with Crippen LogP contribution in [0.25, 0.3) is 0 Å². The molecule has 0 spiro atoms. The predicted molar refractivity (Wildman–Crippen MR) is 48.0 cm³/mol. The van der Waals surface area contributed by atoms with Gasteiger partial charge in [0.1, 0.15) is 4.60 Å². The van der Waals surface area contributed by atoms with E-state index in [4.69, 9.17) is 10.4 Å². The van der Waals surface area contributed by atoms with Crippen LogP contribution >= 0.6 is 15.9 Å². The second kappa shape index (κ2) is 4.01. The Labute approximate surface area is 83.0 Å². The zero-order valence-corrected chi connectivity index (χ0v) is 8.08. The van der Waals surface area contributed by atoms with Crippen molar-refractivity contribution in [2.75, 3.05) is 0 Å². The van der Waals surface area contributed by atoms with Gasteiger partial charge in [-0.25, -0.2) is 4.98 Å². The lowest BCUT2D eigenvalue weighted by Crippen LogP contribution is -2.02. The van der Waals surface area contributed by atoms with Crippen LogP contribution in [-0.4, -0.2) is 16.1 Å². The first-order valence-corrected chi connectivity index (χ1v) is 4.19. The van der Waals surface area contributed by atoms with E-state index < -0.39 is 5.97 Å². The molecule has 66 valence electrons. The standard InChI is InChI=1S/C8H5BrN2O2/c9-7-2-5(4-10)1-6(11-7)3-8(12)13/h1-2H,3H2,(H,12,13). The molecule has 0 aliphatic rings. The number of aliphatic carboxylic acids is 1. The van der Waals surface area contributed by atoms with E-state index in [0.29, 0.717) is 15.9 Å². The highest BCUT2D eigenvalue weighted by atomic mass is 79.9. The van der Waals surface area contributed by atoms with E-state index in [1.54, 1.807) is 0 Å². The number of pyridine rings is 1. The third kappa shape index (κ3) is 2.84. The van der Waals surface area contributed by atoms with Crippen molar-refractivity contribution in [3.63, 3.8) is 0 Å². The summed E-state index contributed by atoms with van der Waals surface area (Å²) in [5.74, 6) is -0.963. The van der Waals surface area contributed by atoms with Crippen LogP contribution in [0, 0.1) is 11.3 Å². The number of nitrogens with zero attached hydrogens (tertiary/aromatic N) is 2. The Morgan fingerprint density at radius 1 is 1.69 bits per heavy atom. The number of rotatable bonds is 2. The van der Waals surface area contributed by atoms with E-state index >= 15 is 0 Å². The van der Waals surface area contributed by atoms with Crippen LogP contribution in [0.2, 0.25) is 0 Å². The van der Waals surface area contributed by atoms with Crippen LogP contribution in [0.3, 0.4) is 0 Å². The molecule has 0 radical (unpaired) electrons. The average molecular weight is 241 g/mol. The number of hydrogen-bond donors (Lipinski definition) is 1. The highest BCUT2D eigenvalue weighted by molar-refractivity contribution is 9.10. The van der Waals surface area contributed by atoms with Crippen LogP contribution in [0.4, 0.5) is 0 Å². The SMILES string of the molecule is N#Cc1cc(Br)nc(CC(=O)O)c1. The number of carbonyl (C=O) groups is 1. The lowest BCUT2D eigenvalue weighted by Gasteiger charge is -1.97. The molecule has 0 unspecified atom stereocenters. The third-order valence-corrected chi connectivity index (χ3v) is 1.71. The molecule has 13 heavy (non-hydrogen) atoms. The Morgan fingerprint density at radius 3 is 2.92 bits per heavy atom. The van der Waals surface area contributed by atoms with Crippen LogP contribution < -0.4 is 0 Å². The quantitative estimate of drug-likeness (QED) is 0.793. The molecule has 5 heteroatoms. The molecule has 0 bridgehead atoms. The van der Waals surface area contributed by atoms with E-state index in [-0.39, 0.29) is 6.42 Å². The second-order valence-electron chi connectivity index (χ2n) is 2.35. The van der Waals surface area contributed by atoms with E-state index in [0.717, 1.165) is 0 Å². The molecule has 1 aromatic heterocycles. The summed E-state index contributed by atoms with van der Waals surface area (Å²) in [5, 5.41) is 17.1. The Balaban J connectivity index is 3.03. The zero-order chi connectivity index (χ0) is 9.84. The molecular formula is C8H5BrN2O2. The fourth-order valence-corrected chi connectivity index (χ4v) is 1.34. The molecule has 1 N–H and O–H groups in total. The van der Waals surface area contributed by atoms with Gasteiger partial charge in [-0.1, -0.05) is 0 Å². The summed E-state index contributed by atoms with van der Waals surface area (Å²) in [5.41, 5.74) is 0.775. The Kier molecular flexibility index (Phi) is 2.98. The highest BCUT2D eigenvalue weighted by Gasteiger charge is 2.04. The summed E-state index contributed by atoms with van der Waals surface area (Å²) in [6.45, 7) is 0. The molecule has 0 amide bonds. The predicted octanol–water partition coefficient (Wildman–Crippen LogP) is 1.34. The second-order valence-corrected chi connectivity index (χ2v) is 3.16. The summed E-state index contributed by atoms with van der Waals surface area (Å²) in [6.07, 6.45) is -0.173. The fourth-order valence-electron chi connectivity index (χ4n) is 0.861. The van der Waals surface area contributed by atoms with Crippen molar-refractivity contribution >= 4 is 21.9 Å². The molecular weight excluding hydrogens is 236 g/mol. The van der Waals surface area contributed by atoms with E-state index in [1.165, 1.54) is 12.1 Å². The van der Waals surface area contributed by atoms with Crippen molar-refractivity contribution in [2.24, 2.45) is 0 Å². The van der Waals surface area contributed by atoms with Crippen molar-refractivity contribution in [3.8, 4) is 6.07 Å². The van der Waals surface area contributed by atoms with Gasteiger partial charge in [0, 0.05) is 0 Å². The topological polar surface area (TPSA) is 74.0 Å². The minimum absolute atomic E-state index is 0.173. The Bertz CT molecular complexity index is 384. The molecule has 1 heterocycles. The first-order chi connectivity index (χ1) is 6.11. The summed E-state index contributed by atoms with van der Waals surface area (Å²) < 4.78 is 0.475. The molecule has 1 rings (SSSR count). The number of nitriles is 1. The lowest BCUT2D eigenvalue weighted by molar-refractivity contribution is -0.136. The van der Waals surface area contributed by atoms with Crippen LogP contribution in [0.5, 0.6) is 0 Å². The van der Waals surface area contributed by atoms with E-state index in [1.807, 2.05) is 6.07 Å². The number of carboxylic acid groups (broad SMARTS) is 1. The van der Waals surface area contributed by atoms with Gasteiger partial charge in [0.15, 0.2) is 0 Å². The summed E-state index contributed by atoms with van der Waals surface area (Å²) >= 11 is 3.09. The smallest absolute Gasteiger partial charge is 0.309 e. The number of aromatic nitrogens is 1. The largest absolute Gasteiger partial charge is 0.481 e. The first-order valence-electron chi connectivity index (χ1n) is 3.40. The van der Waals surface area contributed by atoms with Gasteiger partial charge < -0.3 is 5.11 Å². The lowest BCUT2D eigenvalue weighted by atomic mass is 10.2. The molecule has 4 nitrogen and oxygen atoms in total.